The number of carbonyl (C=O) groups excluding carboxylic acids is 4. The van der Waals surface area contributed by atoms with Crippen LogP contribution in [0.4, 0.5) is 0 Å². The molecule has 26 heavy (non-hydrogen) atoms. The van der Waals surface area contributed by atoms with E-state index in [1.165, 1.54) is 6.08 Å². The van der Waals surface area contributed by atoms with Crippen LogP contribution in [0.3, 0.4) is 0 Å². The van der Waals surface area contributed by atoms with Crippen molar-refractivity contribution in [2.24, 2.45) is 0 Å². The van der Waals surface area contributed by atoms with Crippen molar-refractivity contribution in [1.29, 1.82) is 0 Å². The summed E-state index contributed by atoms with van der Waals surface area (Å²) in [5.41, 5.74) is -0.429. The van der Waals surface area contributed by atoms with Gasteiger partial charge in [-0.2, -0.15) is 0 Å². The molecule has 1 atom stereocenters. The zero-order valence-corrected chi connectivity index (χ0v) is 16.2. The molecule has 1 fully saturated rings. The quantitative estimate of drug-likeness (QED) is 0.261. The monoisotopic (exact) mass is 364 g/mol. The lowest BCUT2D eigenvalue weighted by Gasteiger charge is -2.21. The molecule has 0 amide bonds. The number of unbranched alkanes of at least 4 members (excludes halogenated alkanes) is 2. The summed E-state index contributed by atoms with van der Waals surface area (Å²) in [7, 11) is 0. The van der Waals surface area contributed by atoms with Gasteiger partial charge in [0.2, 0.25) is 0 Å². The molecule has 0 spiro atoms. The van der Waals surface area contributed by atoms with Crippen LogP contribution in [0.5, 0.6) is 0 Å². The van der Waals surface area contributed by atoms with Crippen LogP contribution in [0.1, 0.15) is 90.9 Å². The average Bonchev–Trinajstić information content (AvgIpc) is 2.92. The Morgan fingerprint density at radius 3 is 2.42 bits per heavy atom. The number of ketones is 3. The van der Waals surface area contributed by atoms with Gasteiger partial charge in [-0.1, -0.05) is 25.8 Å². The molecule has 0 radical (unpaired) electrons. The molecule has 1 heterocycles. The van der Waals surface area contributed by atoms with Crippen LogP contribution in [0.2, 0.25) is 0 Å². The molecular weight excluding hydrogens is 332 g/mol. The molecule has 0 saturated carbocycles. The predicted molar refractivity (Wildman–Crippen MR) is 99.7 cm³/mol. The SMILES string of the molecule is CCCCCC(=O)/C=C/CC(=O)CCC(=O)CCCC1(C)CCC(=O)O1. The summed E-state index contributed by atoms with van der Waals surface area (Å²) in [4.78, 5) is 46.4. The molecule has 5 heteroatoms. The first-order chi connectivity index (χ1) is 12.3. The number of ether oxygens (including phenoxy) is 1. The number of hydrogen-bond acceptors (Lipinski definition) is 5. The summed E-state index contributed by atoms with van der Waals surface area (Å²) in [5, 5.41) is 0. The summed E-state index contributed by atoms with van der Waals surface area (Å²) in [5.74, 6) is -0.0664. The maximum Gasteiger partial charge on any atom is 0.306 e. The molecule has 0 N–H and O–H groups in total. The fourth-order valence-electron chi connectivity index (χ4n) is 3.04. The van der Waals surface area contributed by atoms with E-state index in [9.17, 15) is 19.2 Å². The summed E-state index contributed by atoms with van der Waals surface area (Å²) < 4.78 is 5.28. The molecule has 1 unspecified atom stereocenters. The van der Waals surface area contributed by atoms with E-state index in [1.54, 1.807) is 6.08 Å². The highest BCUT2D eigenvalue weighted by Crippen LogP contribution is 2.31. The minimum absolute atomic E-state index is 0.0207. The minimum Gasteiger partial charge on any atom is -0.459 e. The van der Waals surface area contributed by atoms with E-state index in [1.807, 2.05) is 6.92 Å². The van der Waals surface area contributed by atoms with Crippen molar-refractivity contribution in [3.8, 4) is 0 Å². The lowest BCUT2D eigenvalue weighted by molar-refractivity contribution is -0.147. The highest BCUT2D eigenvalue weighted by atomic mass is 16.6. The Morgan fingerprint density at radius 2 is 1.77 bits per heavy atom. The molecule has 0 aromatic rings. The van der Waals surface area contributed by atoms with E-state index < -0.39 is 5.60 Å². The third kappa shape index (κ3) is 9.64. The summed E-state index contributed by atoms with van der Waals surface area (Å²) in [6, 6.07) is 0. The van der Waals surface area contributed by atoms with Gasteiger partial charge in [-0.25, -0.2) is 0 Å². The second-order valence-electron chi connectivity index (χ2n) is 7.38. The Labute approximate surface area is 156 Å². The van der Waals surface area contributed by atoms with Gasteiger partial charge in [-0.05, 0) is 38.7 Å². The molecule has 1 rings (SSSR count). The Hall–Kier alpha value is -1.78. The lowest BCUT2D eigenvalue weighted by atomic mass is 9.94. The van der Waals surface area contributed by atoms with Crippen molar-refractivity contribution < 1.29 is 23.9 Å². The smallest absolute Gasteiger partial charge is 0.306 e. The maximum absolute atomic E-state index is 11.9. The number of rotatable bonds is 14. The van der Waals surface area contributed by atoms with Gasteiger partial charge in [0.15, 0.2) is 5.78 Å². The Kier molecular flexibility index (Phi) is 10.1. The van der Waals surface area contributed by atoms with Gasteiger partial charge < -0.3 is 4.74 Å². The Morgan fingerprint density at radius 1 is 1.04 bits per heavy atom. The van der Waals surface area contributed by atoms with Crippen LogP contribution >= 0.6 is 0 Å². The topological polar surface area (TPSA) is 77.5 Å². The third-order valence-corrected chi connectivity index (χ3v) is 4.74. The molecule has 1 aliphatic rings. The van der Waals surface area contributed by atoms with Crippen molar-refractivity contribution in [3.05, 3.63) is 12.2 Å². The summed E-state index contributed by atoms with van der Waals surface area (Å²) in [6.45, 7) is 3.99. The highest BCUT2D eigenvalue weighted by Gasteiger charge is 2.35. The first-order valence-electron chi connectivity index (χ1n) is 9.79. The normalized spacial score (nSPS) is 19.7. The maximum atomic E-state index is 11.9. The predicted octanol–water partition coefficient (Wildman–Crippen LogP) is 4.27. The van der Waals surface area contributed by atoms with Crippen molar-refractivity contribution >= 4 is 23.3 Å². The number of hydrogen-bond donors (Lipinski definition) is 0. The lowest BCUT2D eigenvalue weighted by Crippen LogP contribution is -2.23. The van der Waals surface area contributed by atoms with E-state index in [0.29, 0.717) is 38.5 Å². The van der Waals surface area contributed by atoms with Crippen molar-refractivity contribution in [1.82, 2.24) is 0 Å². The first kappa shape index (κ1) is 22.3. The fraction of sp³-hybridized carbons (Fsp3) is 0.714. The molecule has 0 aromatic heterocycles. The van der Waals surface area contributed by atoms with E-state index in [2.05, 4.69) is 6.92 Å². The van der Waals surface area contributed by atoms with E-state index >= 15 is 0 Å². The molecule has 0 aromatic carbocycles. The van der Waals surface area contributed by atoms with E-state index in [4.69, 9.17) is 4.74 Å². The highest BCUT2D eigenvalue weighted by molar-refractivity contribution is 5.91. The molecular formula is C21H32O5. The van der Waals surface area contributed by atoms with E-state index in [-0.39, 0.29) is 42.6 Å². The molecule has 146 valence electrons. The van der Waals surface area contributed by atoms with Gasteiger partial charge in [0.05, 0.1) is 0 Å². The average molecular weight is 364 g/mol. The number of allylic oxidation sites excluding steroid dienone is 2. The number of esters is 1. The molecule has 5 nitrogen and oxygen atoms in total. The van der Waals surface area contributed by atoms with Gasteiger partial charge in [-0.15, -0.1) is 0 Å². The number of carbonyl (C=O) groups is 4. The number of cyclic esters (lactones) is 1. The second kappa shape index (κ2) is 11.8. The zero-order valence-electron chi connectivity index (χ0n) is 16.2. The van der Waals surface area contributed by atoms with Crippen LogP contribution in [0.25, 0.3) is 0 Å². The van der Waals surface area contributed by atoms with Crippen LogP contribution in [0.15, 0.2) is 12.2 Å². The van der Waals surface area contributed by atoms with Gasteiger partial charge >= 0.3 is 5.97 Å². The second-order valence-corrected chi connectivity index (χ2v) is 7.38. The fourth-order valence-corrected chi connectivity index (χ4v) is 3.04. The number of Topliss-reactive ketones (excluding diaryl/α,β-unsaturated/α-hetero) is 2. The summed E-state index contributed by atoms with van der Waals surface area (Å²) >= 11 is 0. The largest absolute Gasteiger partial charge is 0.459 e. The molecule has 0 bridgehead atoms. The molecule has 0 aliphatic carbocycles. The first-order valence-corrected chi connectivity index (χ1v) is 9.79. The Balaban J connectivity index is 2.11. The van der Waals surface area contributed by atoms with Crippen molar-refractivity contribution in [3.63, 3.8) is 0 Å². The van der Waals surface area contributed by atoms with Gasteiger partial charge in [0.1, 0.15) is 17.2 Å². The standard InChI is InChI=1S/C21H32O5/c1-3-4-5-8-17(22)9-6-10-18(23)12-13-19(24)11-7-15-21(2)16-14-20(25)26-21/h6,9H,3-5,7-8,10-16H2,1-2H3/b9-6+. The van der Waals surface area contributed by atoms with E-state index in [0.717, 1.165) is 19.3 Å². The van der Waals surface area contributed by atoms with Crippen molar-refractivity contribution in [2.45, 2.75) is 96.5 Å². The van der Waals surface area contributed by atoms with Gasteiger partial charge in [0.25, 0.3) is 0 Å². The third-order valence-electron chi connectivity index (χ3n) is 4.74. The zero-order chi connectivity index (χ0) is 19.4. The van der Waals surface area contributed by atoms with Crippen LogP contribution in [0, 0.1) is 0 Å². The van der Waals surface area contributed by atoms with Gasteiger partial charge in [-0.3, -0.25) is 19.2 Å². The van der Waals surface area contributed by atoms with Crippen molar-refractivity contribution in [2.75, 3.05) is 0 Å². The van der Waals surface area contributed by atoms with Crippen LogP contribution < -0.4 is 0 Å². The van der Waals surface area contributed by atoms with Crippen LogP contribution in [-0.2, 0) is 23.9 Å². The minimum atomic E-state index is -0.429. The Bertz CT molecular complexity index is 535. The van der Waals surface area contributed by atoms with Crippen LogP contribution in [-0.4, -0.2) is 28.9 Å². The molecule has 1 aliphatic heterocycles. The van der Waals surface area contributed by atoms with Gasteiger partial charge in [0, 0.05) is 38.5 Å². The molecule has 1 saturated heterocycles. The summed E-state index contributed by atoms with van der Waals surface area (Å²) in [6.07, 6.45) is 10.2.